The summed E-state index contributed by atoms with van der Waals surface area (Å²) in [6, 6.07) is 21.2. The van der Waals surface area contributed by atoms with Crippen LogP contribution in [0.3, 0.4) is 0 Å². The minimum atomic E-state index is -0.243. The highest BCUT2D eigenvalue weighted by Crippen LogP contribution is 2.52. The van der Waals surface area contributed by atoms with Gasteiger partial charge in [0.15, 0.2) is 0 Å². The van der Waals surface area contributed by atoms with E-state index in [9.17, 15) is 5.26 Å². The third-order valence-electron chi connectivity index (χ3n) is 6.35. The second-order valence-corrected chi connectivity index (χ2v) is 7.92. The lowest BCUT2D eigenvalue weighted by Gasteiger charge is -2.56. The molecule has 2 aromatic carbocycles. The Balaban J connectivity index is 1.66. The Morgan fingerprint density at radius 1 is 1.07 bits per heavy atom. The van der Waals surface area contributed by atoms with Crippen molar-refractivity contribution in [2.75, 3.05) is 19.7 Å². The van der Waals surface area contributed by atoms with E-state index in [0.717, 1.165) is 25.2 Å². The van der Waals surface area contributed by atoms with Crippen LogP contribution in [0.1, 0.15) is 42.9 Å². The van der Waals surface area contributed by atoms with Gasteiger partial charge in [0.1, 0.15) is 5.60 Å². The molecular weight excluding hydrogens is 332 g/mol. The largest absolute Gasteiger partial charge is 0.370 e. The van der Waals surface area contributed by atoms with Crippen molar-refractivity contribution >= 4 is 0 Å². The van der Waals surface area contributed by atoms with E-state index in [1.165, 1.54) is 30.4 Å². The summed E-state index contributed by atoms with van der Waals surface area (Å²) in [5.74, 6) is 0.949. The average Bonchev–Trinajstić information content (AvgIpc) is 2.69. The summed E-state index contributed by atoms with van der Waals surface area (Å²) in [5, 5.41) is 9.38. The summed E-state index contributed by atoms with van der Waals surface area (Å²) < 4.78 is 6.59. The van der Waals surface area contributed by atoms with Gasteiger partial charge in [0.2, 0.25) is 0 Å². The molecule has 1 aliphatic heterocycles. The minimum Gasteiger partial charge on any atom is -0.370 e. The molecule has 0 spiro atoms. The predicted octanol–water partition coefficient (Wildman–Crippen LogP) is 4.72. The van der Waals surface area contributed by atoms with Gasteiger partial charge in [0.05, 0.1) is 11.6 Å². The molecule has 0 N–H and O–H groups in total. The van der Waals surface area contributed by atoms with Crippen LogP contribution < -0.4 is 0 Å². The fraction of sp³-hybridized carbons (Fsp3) is 0.458. The molecule has 1 heterocycles. The third kappa shape index (κ3) is 3.40. The number of likely N-dealkylation sites (tertiary alicyclic amines) is 1. The van der Waals surface area contributed by atoms with Crippen molar-refractivity contribution in [2.24, 2.45) is 11.8 Å². The Bertz CT molecular complexity index is 797. The fourth-order valence-corrected chi connectivity index (χ4v) is 5.36. The Labute approximate surface area is 162 Å². The summed E-state index contributed by atoms with van der Waals surface area (Å²) in [7, 11) is 0. The normalized spacial score (nSPS) is 27.9. The topological polar surface area (TPSA) is 36.3 Å². The maximum absolute atomic E-state index is 9.38. The van der Waals surface area contributed by atoms with E-state index in [1.807, 2.05) is 12.1 Å². The van der Waals surface area contributed by atoms with Gasteiger partial charge in [-0.1, -0.05) is 48.9 Å². The molecular formula is C24H28N2O. The second-order valence-electron chi connectivity index (χ2n) is 7.92. The van der Waals surface area contributed by atoms with E-state index >= 15 is 0 Å². The van der Waals surface area contributed by atoms with Crippen molar-refractivity contribution < 1.29 is 4.74 Å². The van der Waals surface area contributed by atoms with Gasteiger partial charge in [-0.2, -0.15) is 5.26 Å². The van der Waals surface area contributed by atoms with Crippen LogP contribution in [0.5, 0.6) is 0 Å². The molecule has 3 heteroatoms. The first kappa shape index (κ1) is 18.2. The van der Waals surface area contributed by atoms with Crippen molar-refractivity contribution in [3.63, 3.8) is 0 Å². The number of benzene rings is 2. The average molecular weight is 361 g/mol. The van der Waals surface area contributed by atoms with Crippen molar-refractivity contribution in [2.45, 2.75) is 38.3 Å². The summed E-state index contributed by atoms with van der Waals surface area (Å²) in [6.45, 7) is 5.93. The molecule has 0 aromatic heterocycles. The zero-order chi connectivity index (χ0) is 18.7. The van der Waals surface area contributed by atoms with Gasteiger partial charge in [-0.15, -0.1) is 0 Å². The lowest BCUT2D eigenvalue weighted by molar-refractivity contribution is -0.184. The number of piperidine rings is 1. The fourth-order valence-electron chi connectivity index (χ4n) is 5.36. The smallest absolute Gasteiger partial charge is 0.101 e. The molecule has 2 aromatic rings. The van der Waals surface area contributed by atoms with Gasteiger partial charge < -0.3 is 4.74 Å². The van der Waals surface area contributed by atoms with Crippen LogP contribution >= 0.6 is 0 Å². The van der Waals surface area contributed by atoms with Gasteiger partial charge in [0.25, 0.3) is 0 Å². The van der Waals surface area contributed by atoms with Gasteiger partial charge >= 0.3 is 0 Å². The second kappa shape index (κ2) is 7.84. The van der Waals surface area contributed by atoms with Crippen LogP contribution in [0, 0.1) is 23.2 Å². The number of rotatable bonds is 5. The van der Waals surface area contributed by atoms with Crippen LogP contribution in [-0.4, -0.2) is 24.6 Å². The summed E-state index contributed by atoms with van der Waals surface area (Å²) in [4.78, 5) is 2.61. The van der Waals surface area contributed by atoms with Crippen molar-refractivity contribution in [1.82, 2.24) is 4.90 Å². The molecule has 4 rings (SSSR count). The first-order valence-corrected chi connectivity index (χ1v) is 10.2. The van der Waals surface area contributed by atoms with E-state index in [0.29, 0.717) is 18.4 Å². The summed E-state index contributed by atoms with van der Waals surface area (Å²) in [5.41, 5.74) is 3.08. The predicted molar refractivity (Wildman–Crippen MR) is 107 cm³/mol. The minimum absolute atomic E-state index is 0.243. The van der Waals surface area contributed by atoms with Gasteiger partial charge in [-0.3, -0.25) is 4.90 Å². The number of ether oxygens (including phenoxy) is 1. The molecule has 3 nitrogen and oxygen atoms in total. The number of nitrogens with zero attached hydrogens (tertiary/aromatic N) is 2. The quantitative estimate of drug-likeness (QED) is 0.774. The maximum Gasteiger partial charge on any atom is 0.101 e. The first-order chi connectivity index (χ1) is 13.3. The van der Waals surface area contributed by atoms with Crippen molar-refractivity contribution in [3.05, 3.63) is 71.3 Å². The van der Waals surface area contributed by atoms with Crippen LogP contribution in [0.2, 0.25) is 0 Å². The van der Waals surface area contributed by atoms with Crippen molar-refractivity contribution in [3.8, 4) is 6.07 Å². The molecule has 0 amide bonds. The number of hydrogen-bond acceptors (Lipinski definition) is 3. The summed E-state index contributed by atoms with van der Waals surface area (Å²) in [6.07, 6.45) is 3.67. The highest BCUT2D eigenvalue weighted by Gasteiger charge is 2.53. The van der Waals surface area contributed by atoms with Gasteiger partial charge in [0, 0.05) is 38.1 Å². The first-order valence-electron chi connectivity index (χ1n) is 10.2. The van der Waals surface area contributed by atoms with E-state index < -0.39 is 0 Å². The molecule has 3 atom stereocenters. The van der Waals surface area contributed by atoms with E-state index in [-0.39, 0.29) is 5.60 Å². The third-order valence-corrected chi connectivity index (χ3v) is 6.35. The molecule has 2 bridgehead atoms. The molecule has 1 aliphatic carbocycles. The van der Waals surface area contributed by atoms with Gasteiger partial charge in [-0.25, -0.2) is 0 Å². The molecule has 0 radical (unpaired) electrons. The van der Waals surface area contributed by atoms with Crippen LogP contribution in [0.4, 0.5) is 0 Å². The van der Waals surface area contributed by atoms with E-state index in [2.05, 4.69) is 60.4 Å². The van der Waals surface area contributed by atoms with Crippen molar-refractivity contribution in [1.29, 1.82) is 5.26 Å². The van der Waals surface area contributed by atoms with Crippen LogP contribution in [0.25, 0.3) is 0 Å². The Morgan fingerprint density at radius 2 is 1.81 bits per heavy atom. The monoisotopic (exact) mass is 360 g/mol. The number of hydrogen-bond donors (Lipinski definition) is 0. The van der Waals surface area contributed by atoms with Gasteiger partial charge in [-0.05, 0) is 43.0 Å². The summed E-state index contributed by atoms with van der Waals surface area (Å²) >= 11 is 0. The van der Waals surface area contributed by atoms with Crippen LogP contribution in [0.15, 0.2) is 54.6 Å². The zero-order valence-corrected chi connectivity index (χ0v) is 16.1. The highest BCUT2D eigenvalue weighted by atomic mass is 16.5. The number of fused-ring (bicyclic) bond motifs is 2. The lowest BCUT2D eigenvalue weighted by Crippen LogP contribution is -2.59. The number of nitriles is 1. The zero-order valence-electron chi connectivity index (χ0n) is 16.1. The molecule has 1 unspecified atom stereocenters. The van der Waals surface area contributed by atoms with Crippen LogP contribution in [-0.2, 0) is 16.9 Å². The SMILES string of the molecule is CCOC1(c2cccc(C#N)c2)[C@@H]2CCC[C@H]1CN(Cc1ccccc1)C2. The molecule has 140 valence electrons. The Kier molecular flexibility index (Phi) is 5.29. The highest BCUT2D eigenvalue weighted by molar-refractivity contribution is 5.37. The Morgan fingerprint density at radius 3 is 2.48 bits per heavy atom. The maximum atomic E-state index is 9.38. The Hall–Kier alpha value is -2.15. The van der Waals surface area contributed by atoms with E-state index in [4.69, 9.17) is 4.74 Å². The standard InChI is InChI=1S/C24H28N2O/c1-2-27-24(21-11-6-10-20(14-21)15-25)22-12-7-13-23(24)18-26(17-22)16-19-8-4-3-5-9-19/h3-6,8-11,14,22-23H,2,7,12-13,16-18H2,1H3/t22-,23+,24?. The lowest BCUT2D eigenvalue weighted by atomic mass is 9.62. The molecule has 1 saturated heterocycles. The molecule has 2 fully saturated rings. The molecule has 1 saturated carbocycles. The molecule has 27 heavy (non-hydrogen) atoms. The van der Waals surface area contributed by atoms with E-state index in [1.54, 1.807) is 0 Å². The molecule has 2 aliphatic rings.